The maximum atomic E-state index is 12.5. The van der Waals surface area contributed by atoms with Crippen LogP contribution in [0.4, 0.5) is 4.79 Å². The zero-order valence-corrected chi connectivity index (χ0v) is 12.6. The Hall–Kier alpha value is -1.79. The third-order valence-corrected chi connectivity index (χ3v) is 4.56. The zero-order valence-electron chi connectivity index (χ0n) is 12.6. The fourth-order valence-corrected chi connectivity index (χ4v) is 3.17. The summed E-state index contributed by atoms with van der Waals surface area (Å²) in [6.45, 7) is 5.71. The Labute approximate surface area is 124 Å². The average Bonchev–Trinajstić information content (AvgIpc) is 2.77. The zero-order chi connectivity index (χ0) is 15.6. The Balaban J connectivity index is 1.95. The van der Waals surface area contributed by atoms with Crippen LogP contribution in [0.1, 0.15) is 33.1 Å². The Kier molecular flexibility index (Phi) is 4.39. The molecule has 1 atom stereocenters. The normalized spacial score (nSPS) is 22.2. The smallest absolute Gasteiger partial charge is 0.312 e. The molecule has 2 aliphatic rings. The first kappa shape index (κ1) is 15.6. The number of hydrogen-bond acceptors (Lipinski definition) is 3. The van der Waals surface area contributed by atoms with E-state index in [0.717, 1.165) is 12.8 Å². The Morgan fingerprint density at radius 3 is 2.38 bits per heavy atom. The minimum atomic E-state index is -0.680. The average molecular weight is 296 g/mol. The minimum Gasteiger partial charge on any atom is -0.356 e. The van der Waals surface area contributed by atoms with Gasteiger partial charge in [-0.2, -0.15) is 0 Å². The van der Waals surface area contributed by atoms with E-state index in [1.807, 2.05) is 13.8 Å². The molecule has 0 bridgehead atoms. The predicted octanol–water partition coefficient (Wildman–Crippen LogP) is -0.192. The van der Waals surface area contributed by atoms with Crippen LogP contribution in [-0.2, 0) is 9.59 Å². The van der Waals surface area contributed by atoms with Crippen LogP contribution < -0.4 is 16.4 Å². The lowest BCUT2D eigenvalue weighted by Gasteiger charge is -2.39. The summed E-state index contributed by atoms with van der Waals surface area (Å²) in [6.07, 6.45) is 2.19. The molecule has 2 aliphatic heterocycles. The van der Waals surface area contributed by atoms with E-state index in [0.29, 0.717) is 26.1 Å². The quantitative estimate of drug-likeness (QED) is 0.672. The molecule has 2 fully saturated rings. The molecule has 0 saturated carbocycles. The number of carbonyl (C=O) groups excluding carboxylic acids is 3. The summed E-state index contributed by atoms with van der Waals surface area (Å²) >= 11 is 0. The molecule has 0 radical (unpaired) electrons. The van der Waals surface area contributed by atoms with Gasteiger partial charge in [-0.3, -0.25) is 9.59 Å². The Morgan fingerprint density at radius 2 is 1.95 bits per heavy atom. The van der Waals surface area contributed by atoms with E-state index in [1.165, 1.54) is 0 Å². The van der Waals surface area contributed by atoms with Gasteiger partial charge in [0.05, 0.1) is 0 Å². The van der Waals surface area contributed by atoms with Gasteiger partial charge in [0.25, 0.3) is 0 Å². The molecule has 4 amide bonds. The number of piperidine rings is 1. The Morgan fingerprint density at radius 1 is 1.33 bits per heavy atom. The molecular formula is C14H24N4O3. The lowest BCUT2D eigenvalue weighted by molar-refractivity contribution is -0.136. The van der Waals surface area contributed by atoms with Gasteiger partial charge in [0, 0.05) is 26.1 Å². The molecule has 0 aromatic rings. The van der Waals surface area contributed by atoms with Crippen molar-refractivity contribution in [2.45, 2.75) is 39.2 Å². The second-order valence-corrected chi connectivity index (χ2v) is 6.51. The van der Waals surface area contributed by atoms with Crippen LogP contribution in [-0.4, -0.2) is 48.4 Å². The molecule has 2 saturated heterocycles. The summed E-state index contributed by atoms with van der Waals surface area (Å²) in [7, 11) is 0. The van der Waals surface area contributed by atoms with Gasteiger partial charge in [-0.1, -0.05) is 13.8 Å². The van der Waals surface area contributed by atoms with Gasteiger partial charge in [0.15, 0.2) is 0 Å². The highest BCUT2D eigenvalue weighted by Crippen LogP contribution is 2.37. The number of nitrogens with two attached hydrogens (primary N) is 1. The summed E-state index contributed by atoms with van der Waals surface area (Å²) in [5.41, 5.74) is 5.15. The molecule has 1 spiro atoms. The van der Waals surface area contributed by atoms with Gasteiger partial charge in [-0.25, -0.2) is 4.79 Å². The van der Waals surface area contributed by atoms with Crippen molar-refractivity contribution in [2.75, 3.05) is 19.6 Å². The van der Waals surface area contributed by atoms with E-state index >= 15 is 0 Å². The van der Waals surface area contributed by atoms with Gasteiger partial charge in [0.2, 0.25) is 11.8 Å². The number of primary amides is 1. The first-order valence-corrected chi connectivity index (χ1v) is 7.44. The maximum absolute atomic E-state index is 12.5. The fourth-order valence-electron chi connectivity index (χ4n) is 3.17. The fraction of sp³-hybridized carbons (Fsp3) is 0.786. The molecule has 7 heteroatoms. The topological polar surface area (TPSA) is 105 Å². The van der Waals surface area contributed by atoms with Gasteiger partial charge < -0.3 is 21.3 Å². The predicted molar refractivity (Wildman–Crippen MR) is 77.2 cm³/mol. The summed E-state index contributed by atoms with van der Waals surface area (Å²) < 4.78 is 0. The van der Waals surface area contributed by atoms with Crippen molar-refractivity contribution in [2.24, 2.45) is 17.1 Å². The molecule has 118 valence electrons. The third kappa shape index (κ3) is 3.46. The van der Waals surface area contributed by atoms with Crippen molar-refractivity contribution in [1.29, 1.82) is 0 Å². The SMILES string of the molecule is CC(C)C(NC(N)=O)C(=O)N1CCC2(CC1)CNC(=O)C2. The molecule has 2 rings (SSSR count). The summed E-state index contributed by atoms with van der Waals surface area (Å²) in [4.78, 5) is 36.7. The van der Waals surface area contributed by atoms with Gasteiger partial charge in [-0.15, -0.1) is 0 Å². The minimum absolute atomic E-state index is 0.0122. The monoisotopic (exact) mass is 296 g/mol. The number of hydrogen-bond donors (Lipinski definition) is 3. The molecule has 1 unspecified atom stereocenters. The van der Waals surface area contributed by atoms with Crippen LogP contribution >= 0.6 is 0 Å². The highest BCUT2D eigenvalue weighted by Gasteiger charge is 2.42. The number of rotatable bonds is 3. The van der Waals surface area contributed by atoms with Crippen LogP contribution in [0, 0.1) is 11.3 Å². The number of urea groups is 1. The lowest BCUT2D eigenvalue weighted by atomic mass is 9.77. The summed E-state index contributed by atoms with van der Waals surface area (Å²) in [5.74, 6) is -0.00299. The van der Waals surface area contributed by atoms with E-state index in [-0.39, 0.29) is 23.1 Å². The van der Waals surface area contributed by atoms with E-state index in [4.69, 9.17) is 5.73 Å². The number of nitrogens with zero attached hydrogens (tertiary/aromatic N) is 1. The highest BCUT2D eigenvalue weighted by atomic mass is 16.2. The molecule has 0 aliphatic carbocycles. The molecule has 7 nitrogen and oxygen atoms in total. The highest BCUT2D eigenvalue weighted by molar-refractivity contribution is 5.87. The van der Waals surface area contributed by atoms with Gasteiger partial charge >= 0.3 is 6.03 Å². The molecule has 0 aromatic heterocycles. The second kappa shape index (κ2) is 5.91. The van der Waals surface area contributed by atoms with Crippen molar-refractivity contribution in [1.82, 2.24) is 15.5 Å². The lowest BCUT2D eigenvalue weighted by Crippen LogP contribution is -2.55. The van der Waals surface area contributed by atoms with Crippen LogP contribution in [0.25, 0.3) is 0 Å². The van der Waals surface area contributed by atoms with Gasteiger partial charge in [0.1, 0.15) is 6.04 Å². The number of carbonyl (C=O) groups is 3. The van der Waals surface area contributed by atoms with Crippen LogP contribution in [0.2, 0.25) is 0 Å². The van der Waals surface area contributed by atoms with Crippen molar-refractivity contribution in [3.8, 4) is 0 Å². The first-order valence-electron chi connectivity index (χ1n) is 7.44. The molecule has 21 heavy (non-hydrogen) atoms. The van der Waals surface area contributed by atoms with Crippen LogP contribution in [0.15, 0.2) is 0 Å². The van der Waals surface area contributed by atoms with Crippen molar-refractivity contribution in [3.63, 3.8) is 0 Å². The van der Waals surface area contributed by atoms with Crippen molar-refractivity contribution in [3.05, 3.63) is 0 Å². The van der Waals surface area contributed by atoms with Crippen molar-refractivity contribution < 1.29 is 14.4 Å². The first-order chi connectivity index (χ1) is 9.83. The largest absolute Gasteiger partial charge is 0.356 e. The van der Waals surface area contributed by atoms with Gasteiger partial charge in [-0.05, 0) is 24.2 Å². The number of nitrogens with one attached hydrogen (secondary N) is 2. The number of likely N-dealkylation sites (tertiary alicyclic amines) is 1. The summed E-state index contributed by atoms with van der Waals surface area (Å²) in [6, 6.07) is -1.26. The second-order valence-electron chi connectivity index (χ2n) is 6.51. The number of amides is 4. The van der Waals surface area contributed by atoms with E-state index < -0.39 is 12.1 Å². The van der Waals surface area contributed by atoms with Crippen molar-refractivity contribution >= 4 is 17.8 Å². The van der Waals surface area contributed by atoms with E-state index in [2.05, 4.69) is 10.6 Å². The standard InChI is InChI=1S/C14H24N4O3/c1-9(2)11(17-13(15)21)12(20)18-5-3-14(4-6-18)7-10(19)16-8-14/h9,11H,3-8H2,1-2H3,(H,16,19)(H3,15,17,21). The van der Waals surface area contributed by atoms with Crippen LogP contribution in [0.3, 0.4) is 0 Å². The Bertz CT molecular complexity index is 442. The molecule has 4 N–H and O–H groups in total. The molecule has 2 heterocycles. The van der Waals surface area contributed by atoms with Crippen LogP contribution in [0.5, 0.6) is 0 Å². The molecule has 0 aromatic carbocycles. The maximum Gasteiger partial charge on any atom is 0.312 e. The van der Waals surface area contributed by atoms with E-state index in [1.54, 1.807) is 4.90 Å². The molecular weight excluding hydrogens is 272 g/mol. The third-order valence-electron chi connectivity index (χ3n) is 4.56. The summed E-state index contributed by atoms with van der Waals surface area (Å²) in [5, 5.41) is 5.40. The van der Waals surface area contributed by atoms with E-state index in [9.17, 15) is 14.4 Å².